The SMILES string of the molecule is CCOc1cc(N2C[C@@H](C)O[C@@H](C)C2)c(-c2cnn(C)c2)cc1Nc1nc(Nc2ccccc2S(=O)(=O)C(C)C)c2cc[nH]c2n1. The lowest BCUT2D eigenvalue weighted by atomic mass is 10.0. The number of anilines is 5. The summed E-state index contributed by atoms with van der Waals surface area (Å²) >= 11 is 0. The maximum absolute atomic E-state index is 13.2. The van der Waals surface area contributed by atoms with E-state index < -0.39 is 15.1 Å². The number of para-hydroxylation sites is 1. The summed E-state index contributed by atoms with van der Waals surface area (Å²) in [4.78, 5) is 15.3. The first-order valence-corrected chi connectivity index (χ1v) is 17.0. The van der Waals surface area contributed by atoms with Crippen molar-refractivity contribution < 1.29 is 17.9 Å². The highest BCUT2D eigenvalue weighted by molar-refractivity contribution is 7.92. The molecule has 0 bridgehead atoms. The molecule has 0 radical (unpaired) electrons. The van der Waals surface area contributed by atoms with E-state index in [0.717, 1.165) is 29.9 Å². The molecule has 0 unspecified atom stereocenters. The Morgan fingerprint density at radius 3 is 2.52 bits per heavy atom. The van der Waals surface area contributed by atoms with Crippen LogP contribution in [0.25, 0.3) is 22.2 Å². The van der Waals surface area contributed by atoms with Gasteiger partial charge in [-0.3, -0.25) is 4.68 Å². The number of benzene rings is 2. The van der Waals surface area contributed by atoms with Crippen LogP contribution in [0.2, 0.25) is 0 Å². The van der Waals surface area contributed by atoms with Crippen LogP contribution < -0.4 is 20.3 Å². The number of aryl methyl sites for hydroxylation is 1. The second-order valence-electron chi connectivity index (χ2n) is 11.8. The predicted molar refractivity (Wildman–Crippen MR) is 181 cm³/mol. The third-order valence-electron chi connectivity index (χ3n) is 7.90. The summed E-state index contributed by atoms with van der Waals surface area (Å²) in [7, 11) is -1.66. The maximum Gasteiger partial charge on any atom is 0.231 e. The fourth-order valence-corrected chi connectivity index (χ4v) is 6.98. The van der Waals surface area contributed by atoms with Gasteiger partial charge in [0.25, 0.3) is 0 Å². The molecule has 2 aromatic carbocycles. The van der Waals surface area contributed by atoms with Gasteiger partial charge in [0.1, 0.15) is 17.2 Å². The van der Waals surface area contributed by atoms with Gasteiger partial charge in [0.15, 0.2) is 9.84 Å². The van der Waals surface area contributed by atoms with Gasteiger partial charge in [-0.1, -0.05) is 12.1 Å². The molecule has 1 fully saturated rings. The molecular weight excluding hydrogens is 604 g/mol. The highest BCUT2D eigenvalue weighted by Crippen LogP contribution is 2.41. The number of H-pyrrole nitrogens is 1. The largest absolute Gasteiger partial charge is 0.492 e. The van der Waals surface area contributed by atoms with Crippen LogP contribution in [0.5, 0.6) is 5.75 Å². The Kier molecular flexibility index (Phi) is 8.62. The molecule has 46 heavy (non-hydrogen) atoms. The number of fused-ring (bicyclic) bond motifs is 1. The van der Waals surface area contributed by atoms with Gasteiger partial charge in [0.2, 0.25) is 5.95 Å². The number of sulfone groups is 1. The van der Waals surface area contributed by atoms with Gasteiger partial charge in [0.05, 0.1) is 51.9 Å². The van der Waals surface area contributed by atoms with E-state index in [-0.39, 0.29) is 17.1 Å². The number of nitrogens with zero attached hydrogens (tertiary/aromatic N) is 5. The normalized spacial score (nSPS) is 17.1. The van der Waals surface area contributed by atoms with E-state index in [0.29, 0.717) is 46.5 Å². The van der Waals surface area contributed by atoms with Gasteiger partial charge < -0.3 is 30.0 Å². The molecule has 1 aliphatic rings. The molecule has 0 aliphatic carbocycles. The Bertz CT molecular complexity index is 1960. The van der Waals surface area contributed by atoms with Crippen LogP contribution in [0.15, 0.2) is 66.0 Å². The quantitative estimate of drug-likeness (QED) is 0.165. The third-order valence-corrected chi connectivity index (χ3v) is 10.1. The summed E-state index contributed by atoms with van der Waals surface area (Å²) in [6, 6.07) is 12.8. The van der Waals surface area contributed by atoms with Crippen LogP contribution in [0.3, 0.4) is 0 Å². The van der Waals surface area contributed by atoms with Crippen LogP contribution in [0, 0.1) is 0 Å². The molecule has 3 N–H and O–H groups in total. The molecule has 13 heteroatoms. The molecule has 0 saturated carbocycles. The average Bonchev–Trinajstić information content (AvgIpc) is 3.67. The minimum absolute atomic E-state index is 0.0753. The van der Waals surface area contributed by atoms with Crippen molar-refractivity contribution in [1.82, 2.24) is 24.7 Å². The summed E-state index contributed by atoms with van der Waals surface area (Å²) in [5.74, 6) is 1.41. The van der Waals surface area contributed by atoms with Crippen molar-refractivity contribution >= 4 is 49.7 Å². The van der Waals surface area contributed by atoms with E-state index in [4.69, 9.17) is 19.4 Å². The number of aromatic amines is 1. The van der Waals surface area contributed by atoms with Gasteiger partial charge in [-0.15, -0.1) is 0 Å². The first-order chi connectivity index (χ1) is 22.0. The molecule has 6 rings (SSSR count). The Labute approximate surface area is 269 Å². The lowest BCUT2D eigenvalue weighted by Crippen LogP contribution is -2.45. The zero-order valence-corrected chi connectivity index (χ0v) is 27.7. The Morgan fingerprint density at radius 2 is 1.83 bits per heavy atom. The third kappa shape index (κ3) is 6.24. The van der Waals surface area contributed by atoms with Crippen LogP contribution in [0.1, 0.15) is 34.6 Å². The molecule has 3 aromatic heterocycles. The zero-order chi connectivity index (χ0) is 32.6. The summed E-state index contributed by atoms with van der Waals surface area (Å²) in [6.07, 6.45) is 5.76. The van der Waals surface area contributed by atoms with E-state index in [2.05, 4.69) is 45.5 Å². The molecule has 1 saturated heterocycles. The van der Waals surface area contributed by atoms with E-state index in [1.807, 2.05) is 38.5 Å². The molecule has 242 valence electrons. The van der Waals surface area contributed by atoms with Crippen LogP contribution in [0.4, 0.5) is 28.8 Å². The monoisotopic (exact) mass is 644 g/mol. The van der Waals surface area contributed by atoms with E-state index in [9.17, 15) is 8.42 Å². The molecular formula is C33H40N8O4S. The molecule has 1 aliphatic heterocycles. The van der Waals surface area contributed by atoms with Crippen molar-refractivity contribution in [3.05, 3.63) is 61.1 Å². The Hall–Kier alpha value is -4.62. The van der Waals surface area contributed by atoms with Crippen LogP contribution in [-0.2, 0) is 21.6 Å². The van der Waals surface area contributed by atoms with E-state index in [1.165, 1.54) is 0 Å². The van der Waals surface area contributed by atoms with Gasteiger partial charge in [-0.2, -0.15) is 15.1 Å². The smallest absolute Gasteiger partial charge is 0.231 e. The van der Waals surface area contributed by atoms with Crippen molar-refractivity contribution in [2.24, 2.45) is 7.05 Å². The standard InChI is InChI=1S/C33H40N8O4S/c1-7-44-29-15-28(41-17-21(4)45-22(5)18-41)25(23-16-35-40(6)19-23)14-27(29)37-33-38-31-24(12-13-34-31)32(39-33)36-26-10-8-9-11-30(26)46(42,43)20(2)3/h8-16,19-22H,7,17-18H2,1-6H3,(H3,34,36,37,38,39)/t21-,22+. The topological polar surface area (TPSA) is 139 Å². The number of aromatic nitrogens is 5. The number of nitrogens with one attached hydrogen (secondary N) is 3. The highest BCUT2D eigenvalue weighted by Gasteiger charge is 2.27. The zero-order valence-electron chi connectivity index (χ0n) is 26.9. The lowest BCUT2D eigenvalue weighted by Gasteiger charge is -2.38. The van der Waals surface area contributed by atoms with E-state index in [1.54, 1.807) is 49.0 Å². The maximum atomic E-state index is 13.2. The molecule has 4 heterocycles. The highest BCUT2D eigenvalue weighted by atomic mass is 32.2. The number of morpholine rings is 1. The van der Waals surface area contributed by atoms with E-state index >= 15 is 0 Å². The fraction of sp³-hybridized carbons (Fsp3) is 0.364. The fourth-order valence-electron chi connectivity index (χ4n) is 5.78. The summed E-state index contributed by atoms with van der Waals surface area (Å²) < 4.78 is 40.3. The van der Waals surface area contributed by atoms with Crippen LogP contribution in [-0.4, -0.2) is 70.3 Å². The molecule has 0 amide bonds. The van der Waals surface area contributed by atoms with Crippen molar-refractivity contribution in [3.8, 4) is 16.9 Å². The first kappa shape index (κ1) is 31.4. The second kappa shape index (κ2) is 12.6. The number of hydrogen-bond acceptors (Lipinski definition) is 10. The van der Waals surface area contributed by atoms with Crippen molar-refractivity contribution in [1.29, 1.82) is 0 Å². The first-order valence-electron chi connectivity index (χ1n) is 15.5. The van der Waals surface area contributed by atoms with Crippen molar-refractivity contribution in [2.45, 2.75) is 57.0 Å². The lowest BCUT2D eigenvalue weighted by molar-refractivity contribution is -0.00519. The molecule has 12 nitrogen and oxygen atoms in total. The second-order valence-corrected chi connectivity index (χ2v) is 14.3. The summed E-state index contributed by atoms with van der Waals surface area (Å²) in [5, 5.41) is 11.3. The summed E-state index contributed by atoms with van der Waals surface area (Å²) in [6.45, 7) is 11.4. The minimum Gasteiger partial charge on any atom is -0.492 e. The van der Waals surface area contributed by atoms with Gasteiger partial charge in [-0.25, -0.2) is 8.42 Å². The van der Waals surface area contributed by atoms with Crippen molar-refractivity contribution in [3.63, 3.8) is 0 Å². The van der Waals surface area contributed by atoms with Gasteiger partial charge in [0, 0.05) is 55.4 Å². The predicted octanol–water partition coefficient (Wildman–Crippen LogP) is 6.04. The average molecular weight is 645 g/mol. The van der Waals surface area contributed by atoms with Gasteiger partial charge >= 0.3 is 0 Å². The summed E-state index contributed by atoms with van der Waals surface area (Å²) in [5.41, 5.74) is 4.67. The van der Waals surface area contributed by atoms with Crippen LogP contribution >= 0.6 is 0 Å². The van der Waals surface area contributed by atoms with Gasteiger partial charge in [-0.05, 0) is 58.9 Å². The Morgan fingerprint density at radius 1 is 1.07 bits per heavy atom. The molecule has 2 atom stereocenters. The number of ether oxygens (including phenoxy) is 2. The molecule has 5 aromatic rings. The Balaban J connectivity index is 1.43. The van der Waals surface area contributed by atoms with Crippen molar-refractivity contribution in [2.75, 3.05) is 35.2 Å². The number of rotatable bonds is 10. The molecule has 0 spiro atoms. The minimum atomic E-state index is -3.55. The number of hydrogen-bond donors (Lipinski definition) is 3.